The fourth-order valence-electron chi connectivity index (χ4n) is 2.15. The largest absolute Gasteiger partial charge is 0.312 e. The Balaban J connectivity index is 2.38. The summed E-state index contributed by atoms with van der Waals surface area (Å²) in [5.41, 5.74) is 0.508. The van der Waals surface area contributed by atoms with Crippen LogP contribution in [-0.4, -0.2) is 23.6 Å². The van der Waals surface area contributed by atoms with Crippen molar-refractivity contribution in [1.82, 2.24) is 5.32 Å². The SMILES string of the molecule is CSC(C)(C)CNC1CCCC1(C)C. The first-order valence-electron chi connectivity index (χ1n) is 5.66. The molecule has 14 heavy (non-hydrogen) atoms. The first kappa shape index (κ1) is 12.4. The van der Waals surface area contributed by atoms with E-state index in [0.717, 1.165) is 12.6 Å². The smallest absolute Gasteiger partial charge is 0.0225 e. The molecule has 2 heteroatoms. The number of nitrogens with one attached hydrogen (secondary N) is 1. The monoisotopic (exact) mass is 215 g/mol. The van der Waals surface area contributed by atoms with E-state index in [4.69, 9.17) is 0 Å². The Morgan fingerprint density at radius 1 is 1.43 bits per heavy atom. The van der Waals surface area contributed by atoms with Gasteiger partial charge in [0.25, 0.3) is 0 Å². The molecule has 84 valence electrons. The van der Waals surface area contributed by atoms with Gasteiger partial charge in [0.1, 0.15) is 0 Å². The lowest BCUT2D eigenvalue weighted by Gasteiger charge is -2.32. The van der Waals surface area contributed by atoms with Gasteiger partial charge in [-0.2, -0.15) is 11.8 Å². The van der Waals surface area contributed by atoms with Gasteiger partial charge in [-0.15, -0.1) is 0 Å². The second-order valence-electron chi connectivity index (χ2n) is 5.78. The maximum atomic E-state index is 3.74. The van der Waals surface area contributed by atoms with Gasteiger partial charge in [0.05, 0.1) is 0 Å². The quantitative estimate of drug-likeness (QED) is 0.772. The molecule has 0 spiro atoms. The van der Waals surface area contributed by atoms with E-state index in [2.05, 4.69) is 39.3 Å². The third-order valence-corrected chi connectivity index (χ3v) is 4.83. The van der Waals surface area contributed by atoms with Crippen LogP contribution in [0.1, 0.15) is 47.0 Å². The Bertz CT molecular complexity index is 187. The molecule has 1 aliphatic carbocycles. The molecular formula is C12H25NS. The maximum absolute atomic E-state index is 3.74. The fourth-order valence-corrected chi connectivity index (χ4v) is 2.37. The second kappa shape index (κ2) is 4.44. The highest BCUT2D eigenvalue weighted by atomic mass is 32.2. The summed E-state index contributed by atoms with van der Waals surface area (Å²) >= 11 is 1.95. The summed E-state index contributed by atoms with van der Waals surface area (Å²) in [5.74, 6) is 0. The predicted octanol–water partition coefficient (Wildman–Crippen LogP) is 3.30. The van der Waals surface area contributed by atoms with Crippen LogP contribution in [0.4, 0.5) is 0 Å². The minimum absolute atomic E-state index is 0.374. The fraction of sp³-hybridized carbons (Fsp3) is 1.00. The summed E-state index contributed by atoms with van der Waals surface area (Å²) in [6.07, 6.45) is 6.33. The Hall–Kier alpha value is 0.310. The average Bonchev–Trinajstić information content (AvgIpc) is 2.42. The molecule has 1 nitrogen and oxygen atoms in total. The van der Waals surface area contributed by atoms with E-state index < -0.39 is 0 Å². The predicted molar refractivity (Wildman–Crippen MR) is 67.0 cm³/mol. The van der Waals surface area contributed by atoms with Crippen molar-refractivity contribution >= 4 is 11.8 Å². The third-order valence-electron chi connectivity index (χ3n) is 3.58. The summed E-state index contributed by atoms with van der Waals surface area (Å²) in [4.78, 5) is 0. The van der Waals surface area contributed by atoms with Crippen LogP contribution in [0.2, 0.25) is 0 Å². The topological polar surface area (TPSA) is 12.0 Å². The van der Waals surface area contributed by atoms with Crippen molar-refractivity contribution in [2.75, 3.05) is 12.8 Å². The molecule has 1 atom stereocenters. The summed E-state index contributed by atoms with van der Waals surface area (Å²) < 4.78 is 0.374. The Morgan fingerprint density at radius 2 is 2.07 bits per heavy atom. The van der Waals surface area contributed by atoms with E-state index in [1.54, 1.807) is 0 Å². The average molecular weight is 215 g/mol. The van der Waals surface area contributed by atoms with E-state index >= 15 is 0 Å². The molecule has 1 saturated carbocycles. The van der Waals surface area contributed by atoms with E-state index in [1.165, 1.54) is 19.3 Å². The van der Waals surface area contributed by atoms with Crippen molar-refractivity contribution in [3.05, 3.63) is 0 Å². The van der Waals surface area contributed by atoms with Crippen LogP contribution >= 0.6 is 11.8 Å². The molecule has 1 aliphatic rings. The normalized spacial score (nSPS) is 26.8. The second-order valence-corrected chi connectivity index (χ2v) is 7.29. The van der Waals surface area contributed by atoms with Gasteiger partial charge >= 0.3 is 0 Å². The zero-order valence-corrected chi connectivity index (χ0v) is 11.1. The summed E-state index contributed by atoms with van der Waals surface area (Å²) in [6, 6.07) is 0.730. The molecule has 0 amide bonds. The standard InChI is InChI=1S/C12H25NS/c1-11(2)8-6-7-10(11)13-9-12(3,4)14-5/h10,13H,6-9H2,1-5H3. The lowest BCUT2D eigenvalue weighted by molar-refractivity contribution is 0.279. The van der Waals surface area contributed by atoms with Crippen molar-refractivity contribution < 1.29 is 0 Å². The minimum atomic E-state index is 0.374. The zero-order chi connectivity index (χ0) is 10.8. The molecule has 1 fully saturated rings. The van der Waals surface area contributed by atoms with Gasteiger partial charge in [-0.25, -0.2) is 0 Å². The van der Waals surface area contributed by atoms with Crippen LogP contribution < -0.4 is 5.32 Å². The van der Waals surface area contributed by atoms with Crippen LogP contribution in [0.5, 0.6) is 0 Å². The number of hydrogen-bond donors (Lipinski definition) is 1. The van der Waals surface area contributed by atoms with E-state index in [1.807, 2.05) is 11.8 Å². The summed E-state index contributed by atoms with van der Waals surface area (Å²) in [5, 5.41) is 3.74. The molecule has 1 unspecified atom stereocenters. The maximum Gasteiger partial charge on any atom is 0.0225 e. The van der Waals surface area contributed by atoms with Gasteiger partial charge in [0.2, 0.25) is 0 Å². The van der Waals surface area contributed by atoms with Crippen LogP contribution in [0.15, 0.2) is 0 Å². The van der Waals surface area contributed by atoms with Crippen molar-refractivity contribution in [2.24, 2.45) is 5.41 Å². The van der Waals surface area contributed by atoms with Crippen molar-refractivity contribution in [2.45, 2.75) is 57.7 Å². The first-order chi connectivity index (χ1) is 6.37. The third kappa shape index (κ3) is 3.16. The van der Waals surface area contributed by atoms with Gasteiger partial charge in [-0.1, -0.05) is 20.3 Å². The molecule has 0 aromatic heterocycles. The Kier molecular flexibility index (Phi) is 3.93. The van der Waals surface area contributed by atoms with Gasteiger partial charge in [0, 0.05) is 17.3 Å². The molecule has 0 aliphatic heterocycles. The van der Waals surface area contributed by atoms with E-state index in [0.29, 0.717) is 10.2 Å². The minimum Gasteiger partial charge on any atom is -0.312 e. The number of hydrogen-bond acceptors (Lipinski definition) is 2. The van der Waals surface area contributed by atoms with Gasteiger partial charge in [0.15, 0.2) is 0 Å². The van der Waals surface area contributed by atoms with E-state index in [-0.39, 0.29) is 0 Å². The lowest BCUT2D eigenvalue weighted by Crippen LogP contribution is -2.43. The van der Waals surface area contributed by atoms with Gasteiger partial charge in [-0.3, -0.25) is 0 Å². The molecule has 1 N–H and O–H groups in total. The Morgan fingerprint density at radius 3 is 2.50 bits per heavy atom. The molecule has 0 aromatic rings. The van der Waals surface area contributed by atoms with Crippen LogP contribution in [-0.2, 0) is 0 Å². The van der Waals surface area contributed by atoms with Crippen LogP contribution in [0.3, 0.4) is 0 Å². The molecule has 0 saturated heterocycles. The Labute approximate surface area is 93.4 Å². The lowest BCUT2D eigenvalue weighted by atomic mass is 9.87. The summed E-state index contributed by atoms with van der Waals surface area (Å²) in [6.45, 7) is 10.5. The molecular weight excluding hydrogens is 190 g/mol. The van der Waals surface area contributed by atoms with Crippen molar-refractivity contribution in [1.29, 1.82) is 0 Å². The van der Waals surface area contributed by atoms with E-state index in [9.17, 15) is 0 Å². The molecule has 0 heterocycles. The highest BCUT2D eigenvalue weighted by molar-refractivity contribution is 7.99. The van der Waals surface area contributed by atoms with Crippen LogP contribution in [0.25, 0.3) is 0 Å². The summed E-state index contributed by atoms with van der Waals surface area (Å²) in [7, 11) is 0. The highest BCUT2D eigenvalue weighted by Gasteiger charge is 2.34. The molecule has 0 radical (unpaired) electrons. The van der Waals surface area contributed by atoms with Gasteiger partial charge < -0.3 is 5.32 Å². The highest BCUT2D eigenvalue weighted by Crippen LogP contribution is 2.37. The molecule has 0 aromatic carbocycles. The van der Waals surface area contributed by atoms with Crippen LogP contribution in [0, 0.1) is 5.41 Å². The number of thioether (sulfide) groups is 1. The molecule has 1 rings (SSSR count). The van der Waals surface area contributed by atoms with Gasteiger partial charge in [-0.05, 0) is 38.4 Å². The zero-order valence-electron chi connectivity index (χ0n) is 10.3. The molecule has 0 bridgehead atoms. The van der Waals surface area contributed by atoms with Crippen molar-refractivity contribution in [3.63, 3.8) is 0 Å². The first-order valence-corrected chi connectivity index (χ1v) is 6.88. The van der Waals surface area contributed by atoms with Crippen molar-refractivity contribution in [3.8, 4) is 0 Å². The number of rotatable bonds is 4.